The van der Waals surface area contributed by atoms with Gasteiger partial charge in [-0.1, -0.05) is 12.8 Å². The molecule has 0 radical (unpaired) electrons. The predicted octanol–water partition coefficient (Wildman–Crippen LogP) is 3.77. The van der Waals surface area contributed by atoms with Gasteiger partial charge in [-0.05, 0) is 49.2 Å². The van der Waals surface area contributed by atoms with Crippen LogP contribution in [-0.2, 0) is 0 Å². The van der Waals surface area contributed by atoms with E-state index >= 15 is 0 Å². The summed E-state index contributed by atoms with van der Waals surface area (Å²) in [5.41, 5.74) is 6.16. The highest BCUT2D eigenvalue weighted by molar-refractivity contribution is 6.02. The molecule has 4 aromatic rings. The maximum Gasteiger partial charge on any atom is 0.138 e. The van der Waals surface area contributed by atoms with Crippen LogP contribution in [-0.4, -0.2) is 37.9 Å². The largest absolute Gasteiger partial charge is 0.365 e. The molecule has 2 aromatic heterocycles. The van der Waals surface area contributed by atoms with E-state index in [0.717, 1.165) is 44.9 Å². The van der Waals surface area contributed by atoms with Crippen molar-refractivity contribution >= 4 is 27.9 Å². The summed E-state index contributed by atoms with van der Waals surface area (Å²) in [5, 5.41) is 3.63. The fraction of sp³-hybridized carbons (Fsp3) is 0.286. The molecule has 2 atom stereocenters. The quantitative estimate of drug-likeness (QED) is 0.511. The van der Waals surface area contributed by atoms with Gasteiger partial charge in [-0.15, -0.1) is 0 Å². The van der Waals surface area contributed by atoms with Crippen molar-refractivity contribution < 1.29 is 0 Å². The molecule has 3 heterocycles. The first-order valence-corrected chi connectivity index (χ1v) is 9.61. The molecule has 0 bridgehead atoms. The van der Waals surface area contributed by atoms with Crippen LogP contribution in [0.15, 0.2) is 47.7 Å². The van der Waals surface area contributed by atoms with Crippen LogP contribution in [0.25, 0.3) is 33.5 Å². The Kier molecular flexibility index (Phi) is 3.14. The number of aromatic amines is 2. The van der Waals surface area contributed by atoms with Crippen molar-refractivity contribution in [3.05, 3.63) is 48.3 Å². The number of fused-ring (bicyclic) bond motifs is 3. The van der Waals surface area contributed by atoms with Crippen LogP contribution >= 0.6 is 0 Å². The summed E-state index contributed by atoms with van der Waals surface area (Å²) >= 11 is 0. The summed E-state index contributed by atoms with van der Waals surface area (Å²) in [5.74, 6) is 1.90. The van der Waals surface area contributed by atoms with Crippen molar-refractivity contribution in [2.45, 2.75) is 37.8 Å². The molecule has 2 aliphatic rings. The number of rotatable bonds is 2. The van der Waals surface area contributed by atoms with Crippen molar-refractivity contribution in [2.24, 2.45) is 4.99 Å². The molecule has 27 heavy (non-hydrogen) atoms. The number of amidine groups is 1. The zero-order valence-electron chi connectivity index (χ0n) is 14.9. The molecule has 1 saturated carbocycles. The average molecular weight is 356 g/mol. The molecular weight excluding hydrogens is 336 g/mol. The molecule has 1 fully saturated rings. The van der Waals surface area contributed by atoms with E-state index in [1.807, 2.05) is 6.07 Å². The van der Waals surface area contributed by atoms with Gasteiger partial charge in [0.1, 0.15) is 11.7 Å². The molecular formula is C21H20N6. The smallest absolute Gasteiger partial charge is 0.138 e. The van der Waals surface area contributed by atoms with E-state index in [9.17, 15) is 0 Å². The molecule has 0 amide bonds. The Morgan fingerprint density at radius 3 is 2.70 bits per heavy atom. The third-order valence-electron chi connectivity index (χ3n) is 5.80. The van der Waals surface area contributed by atoms with Crippen LogP contribution in [0.5, 0.6) is 0 Å². The Balaban J connectivity index is 1.37. The Hall–Kier alpha value is -3.15. The van der Waals surface area contributed by atoms with Crippen molar-refractivity contribution in [2.75, 3.05) is 0 Å². The van der Waals surface area contributed by atoms with Gasteiger partial charge in [-0.25, -0.2) is 9.97 Å². The van der Waals surface area contributed by atoms with Gasteiger partial charge in [-0.2, -0.15) is 0 Å². The van der Waals surface area contributed by atoms with Crippen molar-refractivity contribution in [1.29, 1.82) is 0 Å². The first kappa shape index (κ1) is 15.0. The van der Waals surface area contributed by atoms with Crippen LogP contribution < -0.4 is 5.32 Å². The molecule has 0 spiro atoms. The summed E-state index contributed by atoms with van der Waals surface area (Å²) in [4.78, 5) is 20.6. The molecule has 134 valence electrons. The molecule has 2 aromatic carbocycles. The van der Waals surface area contributed by atoms with E-state index in [2.05, 4.69) is 50.6 Å². The van der Waals surface area contributed by atoms with E-state index in [-0.39, 0.29) is 0 Å². The van der Waals surface area contributed by atoms with Gasteiger partial charge in [0.05, 0.1) is 34.4 Å². The number of hydrogen-bond acceptors (Lipinski definition) is 4. The predicted molar refractivity (Wildman–Crippen MR) is 107 cm³/mol. The van der Waals surface area contributed by atoms with E-state index in [1.165, 1.54) is 25.7 Å². The minimum absolute atomic E-state index is 0.447. The summed E-state index contributed by atoms with van der Waals surface area (Å²) in [6, 6.07) is 13.5. The highest BCUT2D eigenvalue weighted by Gasteiger charge is 2.31. The van der Waals surface area contributed by atoms with Crippen molar-refractivity contribution in [3.63, 3.8) is 0 Å². The summed E-state index contributed by atoms with van der Waals surface area (Å²) in [6.45, 7) is 0. The first-order valence-electron chi connectivity index (χ1n) is 9.61. The first-order chi connectivity index (χ1) is 13.3. The second-order valence-electron chi connectivity index (χ2n) is 7.53. The number of H-pyrrole nitrogens is 2. The summed E-state index contributed by atoms with van der Waals surface area (Å²) in [6.07, 6.45) is 6.74. The Morgan fingerprint density at radius 2 is 1.74 bits per heavy atom. The second-order valence-corrected chi connectivity index (χ2v) is 7.53. The molecule has 1 aliphatic heterocycles. The second kappa shape index (κ2) is 5.67. The highest BCUT2D eigenvalue weighted by atomic mass is 15.1. The Bertz CT molecular complexity index is 1180. The topological polar surface area (TPSA) is 81.8 Å². The van der Waals surface area contributed by atoms with Crippen LogP contribution in [0.3, 0.4) is 0 Å². The Morgan fingerprint density at radius 1 is 0.889 bits per heavy atom. The third-order valence-corrected chi connectivity index (χ3v) is 5.80. The lowest BCUT2D eigenvalue weighted by molar-refractivity contribution is 0.385. The third kappa shape index (κ3) is 2.44. The maximum atomic E-state index is 4.94. The number of imidazole rings is 2. The van der Waals surface area contributed by atoms with Crippen LogP contribution in [0.1, 0.15) is 31.2 Å². The number of nitrogens with one attached hydrogen (secondary N) is 3. The van der Waals surface area contributed by atoms with Crippen molar-refractivity contribution in [3.8, 4) is 11.4 Å². The van der Waals surface area contributed by atoms with E-state index in [1.54, 1.807) is 6.33 Å². The van der Waals surface area contributed by atoms with Crippen LogP contribution in [0.2, 0.25) is 0 Å². The molecule has 6 rings (SSSR count). The number of aliphatic imine (C=N–C) groups is 1. The zero-order chi connectivity index (χ0) is 17.8. The van der Waals surface area contributed by atoms with Gasteiger partial charge in [0, 0.05) is 17.2 Å². The lowest BCUT2D eigenvalue weighted by Crippen LogP contribution is -2.36. The van der Waals surface area contributed by atoms with Gasteiger partial charge < -0.3 is 15.3 Å². The summed E-state index contributed by atoms with van der Waals surface area (Å²) in [7, 11) is 0. The Labute approximate surface area is 156 Å². The molecule has 0 saturated heterocycles. The molecule has 3 N–H and O–H groups in total. The lowest BCUT2D eigenvalue weighted by Gasteiger charge is -2.23. The van der Waals surface area contributed by atoms with Gasteiger partial charge in [0.25, 0.3) is 0 Å². The number of hydrogen-bond donors (Lipinski definition) is 3. The SMILES string of the molecule is c1nc2ccc(-c3nc4ccc(C5=N[C@@H]6CCCC[C@H]6N5)cc4[nH]3)cc2[nH]1. The molecule has 1 aliphatic carbocycles. The van der Waals surface area contributed by atoms with Crippen LogP contribution in [0, 0.1) is 0 Å². The number of aromatic nitrogens is 4. The normalized spacial score (nSPS) is 22.0. The number of nitrogens with zero attached hydrogens (tertiary/aromatic N) is 3. The minimum atomic E-state index is 0.447. The monoisotopic (exact) mass is 356 g/mol. The fourth-order valence-corrected chi connectivity index (χ4v) is 4.35. The molecule has 0 unspecified atom stereocenters. The zero-order valence-corrected chi connectivity index (χ0v) is 14.9. The summed E-state index contributed by atoms with van der Waals surface area (Å²) < 4.78 is 0. The fourth-order valence-electron chi connectivity index (χ4n) is 4.35. The van der Waals surface area contributed by atoms with Gasteiger partial charge in [-0.3, -0.25) is 4.99 Å². The standard InChI is InChI=1S/C21H20N6/c1-2-4-16-15(3-1)24-20(25-16)13-6-8-17-19(10-13)27-21(26-17)12-5-7-14-18(9-12)23-11-22-14/h5-11,15-16H,1-4H2,(H,22,23)(H,24,25)(H,26,27)/t15-,16-/m1/s1. The molecule has 6 nitrogen and oxygen atoms in total. The molecule has 6 heteroatoms. The number of benzene rings is 2. The lowest BCUT2D eigenvalue weighted by atomic mass is 9.92. The van der Waals surface area contributed by atoms with E-state index in [0.29, 0.717) is 12.1 Å². The van der Waals surface area contributed by atoms with Crippen LogP contribution in [0.4, 0.5) is 0 Å². The van der Waals surface area contributed by atoms with Gasteiger partial charge in [0.2, 0.25) is 0 Å². The van der Waals surface area contributed by atoms with Gasteiger partial charge >= 0.3 is 0 Å². The average Bonchev–Trinajstić information content (AvgIpc) is 3.42. The van der Waals surface area contributed by atoms with Gasteiger partial charge in [0.15, 0.2) is 0 Å². The van der Waals surface area contributed by atoms with Crippen molar-refractivity contribution in [1.82, 2.24) is 25.3 Å². The highest BCUT2D eigenvalue weighted by Crippen LogP contribution is 2.28. The van der Waals surface area contributed by atoms with E-state index in [4.69, 9.17) is 9.98 Å². The minimum Gasteiger partial charge on any atom is -0.365 e. The van der Waals surface area contributed by atoms with E-state index < -0.39 is 0 Å². The maximum absolute atomic E-state index is 4.94.